The summed E-state index contributed by atoms with van der Waals surface area (Å²) in [7, 11) is 1.33. The van der Waals surface area contributed by atoms with Gasteiger partial charge in [0, 0.05) is 5.56 Å². The van der Waals surface area contributed by atoms with Crippen LogP contribution in [-0.4, -0.2) is 18.4 Å². The molecular formula is C9H9ClFN3OS. The van der Waals surface area contributed by atoms with E-state index in [1.54, 1.807) is 0 Å². The van der Waals surface area contributed by atoms with Crippen molar-refractivity contribution in [1.82, 2.24) is 5.43 Å². The molecule has 0 amide bonds. The number of nitrogens with zero attached hydrogens (tertiary/aromatic N) is 1. The number of hydrogen-bond donors (Lipinski definition) is 2. The van der Waals surface area contributed by atoms with Gasteiger partial charge in [0.2, 0.25) is 0 Å². The monoisotopic (exact) mass is 261 g/mol. The molecule has 1 rings (SSSR count). The van der Waals surface area contributed by atoms with Crippen LogP contribution in [0, 0.1) is 5.82 Å². The average molecular weight is 262 g/mol. The van der Waals surface area contributed by atoms with Crippen molar-refractivity contribution in [2.75, 3.05) is 7.11 Å². The maximum Gasteiger partial charge on any atom is 0.184 e. The normalized spacial score (nSPS) is 10.4. The van der Waals surface area contributed by atoms with Crippen molar-refractivity contribution >= 4 is 35.1 Å². The third-order valence-corrected chi connectivity index (χ3v) is 2.05. The second-order valence-electron chi connectivity index (χ2n) is 2.72. The van der Waals surface area contributed by atoms with Gasteiger partial charge < -0.3 is 10.5 Å². The Bertz CT molecular complexity index is 439. The SMILES string of the molecule is COc1c(Cl)ccc(C=NNC(N)=S)c1F. The van der Waals surface area contributed by atoms with Crippen LogP contribution in [0.1, 0.15) is 5.56 Å². The molecule has 0 saturated heterocycles. The van der Waals surface area contributed by atoms with Crippen molar-refractivity contribution in [1.29, 1.82) is 0 Å². The van der Waals surface area contributed by atoms with E-state index in [2.05, 4.69) is 22.7 Å². The van der Waals surface area contributed by atoms with Gasteiger partial charge in [-0.2, -0.15) is 5.10 Å². The summed E-state index contributed by atoms with van der Waals surface area (Å²) in [6.45, 7) is 0. The summed E-state index contributed by atoms with van der Waals surface area (Å²) >= 11 is 10.2. The molecule has 3 N–H and O–H groups in total. The number of methoxy groups -OCH3 is 1. The Kier molecular flexibility index (Phi) is 4.45. The largest absolute Gasteiger partial charge is 0.492 e. The molecule has 0 aliphatic carbocycles. The minimum Gasteiger partial charge on any atom is -0.492 e. The van der Waals surface area contributed by atoms with E-state index in [0.29, 0.717) is 0 Å². The molecule has 0 radical (unpaired) electrons. The summed E-state index contributed by atoms with van der Waals surface area (Å²) in [4.78, 5) is 0. The lowest BCUT2D eigenvalue weighted by molar-refractivity contribution is 0.386. The number of nitrogens with two attached hydrogens (primary N) is 1. The molecular weight excluding hydrogens is 253 g/mol. The molecule has 4 nitrogen and oxygen atoms in total. The molecule has 16 heavy (non-hydrogen) atoms. The van der Waals surface area contributed by atoms with Crippen LogP contribution in [0.15, 0.2) is 17.2 Å². The van der Waals surface area contributed by atoms with Gasteiger partial charge in [-0.1, -0.05) is 11.6 Å². The molecule has 1 aromatic rings. The number of rotatable bonds is 3. The Morgan fingerprint density at radius 3 is 2.94 bits per heavy atom. The van der Waals surface area contributed by atoms with Crippen LogP contribution in [0.2, 0.25) is 5.02 Å². The zero-order chi connectivity index (χ0) is 12.1. The number of thiocarbonyl (C=S) groups is 1. The van der Waals surface area contributed by atoms with Gasteiger partial charge in [-0.3, -0.25) is 5.43 Å². The van der Waals surface area contributed by atoms with Crippen LogP contribution in [0.5, 0.6) is 5.75 Å². The highest BCUT2D eigenvalue weighted by Gasteiger charge is 2.11. The molecule has 0 aromatic heterocycles. The quantitative estimate of drug-likeness (QED) is 0.494. The molecule has 0 unspecified atom stereocenters. The number of halogens is 2. The van der Waals surface area contributed by atoms with Crippen molar-refractivity contribution < 1.29 is 9.13 Å². The number of nitrogens with one attached hydrogen (secondary N) is 1. The second-order valence-corrected chi connectivity index (χ2v) is 3.57. The van der Waals surface area contributed by atoms with E-state index in [4.69, 9.17) is 22.1 Å². The van der Waals surface area contributed by atoms with Crippen LogP contribution in [-0.2, 0) is 0 Å². The Balaban J connectivity index is 2.98. The first kappa shape index (κ1) is 12.7. The van der Waals surface area contributed by atoms with Crippen molar-refractivity contribution in [2.24, 2.45) is 10.8 Å². The van der Waals surface area contributed by atoms with Crippen molar-refractivity contribution in [3.63, 3.8) is 0 Å². The van der Waals surface area contributed by atoms with E-state index >= 15 is 0 Å². The lowest BCUT2D eigenvalue weighted by Gasteiger charge is -2.05. The molecule has 0 bridgehead atoms. The van der Waals surface area contributed by atoms with Crippen LogP contribution in [0.3, 0.4) is 0 Å². The fourth-order valence-corrected chi connectivity index (χ4v) is 1.28. The Morgan fingerprint density at radius 1 is 1.69 bits per heavy atom. The van der Waals surface area contributed by atoms with E-state index in [0.717, 1.165) is 0 Å². The molecule has 0 fully saturated rings. The average Bonchev–Trinajstić information content (AvgIpc) is 2.22. The molecule has 86 valence electrons. The summed E-state index contributed by atoms with van der Waals surface area (Å²) in [6.07, 6.45) is 1.23. The van der Waals surface area contributed by atoms with Gasteiger partial charge in [0.1, 0.15) is 0 Å². The summed E-state index contributed by atoms with van der Waals surface area (Å²) in [5.74, 6) is -0.621. The van der Waals surface area contributed by atoms with Crippen molar-refractivity contribution in [2.45, 2.75) is 0 Å². The zero-order valence-electron chi connectivity index (χ0n) is 8.33. The minimum atomic E-state index is -0.594. The molecule has 0 spiro atoms. The summed E-state index contributed by atoms with van der Waals surface area (Å²) in [5, 5.41) is 3.82. The first-order chi connectivity index (χ1) is 7.56. The van der Waals surface area contributed by atoms with E-state index in [1.165, 1.54) is 25.5 Å². The maximum absolute atomic E-state index is 13.7. The van der Waals surface area contributed by atoms with Gasteiger partial charge in [0.05, 0.1) is 18.3 Å². The topological polar surface area (TPSA) is 59.6 Å². The van der Waals surface area contributed by atoms with Gasteiger partial charge in [0.15, 0.2) is 16.7 Å². The molecule has 0 atom stereocenters. The van der Waals surface area contributed by atoms with Gasteiger partial charge in [-0.25, -0.2) is 4.39 Å². The third-order valence-electron chi connectivity index (χ3n) is 1.66. The highest BCUT2D eigenvalue weighted by Crippen LogP contribution is 2.28. The van der Waals surface area contributed by atoms with Crippen LogP contribution < -0.4 is 15.9 Å². The maximum atomic E-state index is 13.7. The highest BCUT2D eigenvalue weighted by atomic mass is 35.5. The van der Waals surface area contributed by atoms with E-state index < -0.39 is 5.82 Å². The van der Waals surface area contributed by atoms with Gasteiger partial charge in [-0.05, 0) is 24.4 Å². The minimum absolute atomic E-state index is 0.00223. The zero-order valence-corrected chi connectivity index (χ0v) is 9.90. The highest BCUT2D eigenvalue weighted by molar-refractivity contribution is 7.80. The predicted molar refractivity (Wildman–Crippen MR) is 65.5 cm³/mol. The molecule has 1 aromatic carbocycles. The summed E-state index contributed by atoms with van der Waals surface area (Å²) in [5.41, 5.74) is 7.67. The fourth-order valence-electron chi connectivity index (χ4n) is 1.000. The summed E-state index contributed by atoms with van der Waals surface area (Å²) in [6, 6.07) is 2.97. The van der Waals surface area contributed by atoms with Crippen molar-refractivity contribution in [3.8, 4) is 5.75 Å². The smallest absolute Gasteiger partial charge is 0.184 e. The number of benzene rings is 1. The standard InChI is InChI=1S/C9H9ClFN3OS/c1-15-8-6(10)3-2-5(7(8)11)4-13-14-9(12)16/h2-4H,1H3,(H3,12,14,16). The fraction of sp³-hybridized carbons (Fsp3) is 0.111. The number of ether oxygens (including phenoxy) is 1. The van der Waals surface area contributed by atoms with E-state index in [9.17, 15) is 4.39 Å². The first-order valence-corrected chi connectivity index (χ1v) is 4.95. The number of hydrogen-bond acceptors (Lipinski definition) is 3. The van der Waals surface area contributed by atoms with Gasteiger partial charge in [-0.15, -0.1) is 0 Å². The molecule has 0 aliphatic rings. The Hall–Kier alpha value is -1.40. The van der Waals surface area contributed by atoms with Crippen LogP contribution >= 0.6 is 23.8 Å². The van der Waals surface area contributed by atoms with Crippen molar-refractivity contribution in [3.05, 3.63) is 28.5 Å². The van der Waals surface area contributed by atoms with Gasteiger partial charge >= 0.3 is 0 Å². The first-order valence-electron chi connectivity index (χ1n) is 4.16. The lowest BCUT2D eigenvalue weighted by Crippen LogP contribution is -2.24. The second kappa shape index (κ2) is 5.62. The Morgan fingerprint density at radius 2 is 2.38 bits per heavy atom. The van der Waals surface area contributed by atoms with E-state index in [1.807, 2.05) is 0 Å². The van der Waals surface area contributed by atoms with Crippen LogP contribution in [0.25, 0.3) is 0 Å². The molecule has 0 aliphatic heterocycles. The molecule has 7 heteroatoms. The summed E-state index contributed by atoms with van der Waals surface area (Å²) < 4.78 is 18.5. The predicted octanol–water partition coefficient (Wildman–Crippen LogP) is 1.65. The van der Waals surface area contributed by atoms with Crippen LogP contribution in [0.4, 0.5) is 4.39 Å². The Labute approximate surface area is 102 Å². The van der Waals surface area contributed by atoms with E-state index in [-0.39, 0.29) is 21.4 Å². The molecule has 0 heterocycles. The lowest BCUT2D eigenvalue weighted by atomic mass is 10.2. The van der Waals surface area contributed by atoms with Gasteiger partial charge in [0.25, 0.3) is 0 Å². The molecule has 0 saturated carbocycles. The number of hydrazone groups is 1. The third kappa shape index (κ3) is 3.04.